The smallest absolute Gasteiger partial charge is 0.255 e. The van der Waals surface area contributed by atoms with Crippen molar-refractivity contribution in [3.63, 3.8) is 0 Å². The molecule has 3 aliphatic rings. The van der Waals surface area contributed by atoms with Gasteiger partial charge in [0.15, 0.2) is 0 Å². The maximum absolute atomic E-state index is 13.2. The van der Waals surface area contributed by atoms with E-state index in [4.69, 9.17) is 4.99 Å². The second kappa shape index (κ2) is 6.63. The maximum Gasteiger partial charge on any atom is 0.255 e. The Morgan fingerprint density at radius 2 is 2.08 bits per heavy atom. The van der Waals surface area contributed by atoms with Gasteiger partial charge in [0.05, 0.1) is 10.9 Å². The summed E-state index contributed by atoms with van der Waals surface area (Å²) in [5.74, 6) is 0.751. The van der Waals surface area contributed by atoms with E-state index in [2.05, 4.69) is 6.92 Å². The molecule has 3 fully saturated rings. The van der Waals surface area contributed by atoms with Gasteiger partial charge < -0.3 is 4.90 Å². The molecule has 25 heavy (non-hydrogen) atoms. The van der Waals surface area contributed by atoms with E-state index in [9.17, 15) is 9.59 Å². The highest BCUT2D eigenvalue weighted by atomic mass is 32.2. The van der Waals surface area contributed by atoms with E-state index >= 15 is 0 Å². The fourth-order valence-electron chi connectivity index (χ4n) is 4.29. The Hall–Kier alpha value is -1.56. The summed E-state index contributed by atoms with van der Waals surface area (Å²) < 4.78 is 1.66. The van der Waals surface area contributed by atoms with Gasteiger partial charge in [-0.1, -0.05) is 25.3 Å². The van der Waals surface area contributed by atoms with Crippen molar-refractivity contribution in [3.05, 3.63) is 29.9 Å². The zero-order valence-corrected chi connectivity index (χ0v) is 15.5. The zero-order valence-electron chi connectivity index (χ0n) is 14.7. The highest BCUT2D eigenvalue weighted by molar-refractivity contribution is 8.01. The molecule has 0 N–H and O–H groups in total. The molecule has 1 saturated carbocycles. The highest BCUT2D eigenvalue weighted by Crippen LogP contribution is 2.47. The summed E-state index contributed by atoms with van der Waals surface area (Å²) in [6, 6.07) is 5.65. The third-order valence-corrected chi connectivity index (χ3v) is 7.20. The van der Waals surface area contributed by atoms with Gasteiger partial charge in [-0.15, -0.1) is 11.8 Å². The lowest BCUT2D eigenvalue weighted by Gasteiger charge is -2.30. The molecular weight excluding hydrogens is 334 g/mol. The van der Waals surface area contributed by atoms with E-state index in [1.54, 1.807) is 22.5 Å². The number of hydrogen-bond acceptors (Lipinski definition) is 4. The molecule has 0 bridgehead atoms. The predicted molar refractivity (Wildman–Crippen MR) is 98.2 cm³/mol. The third-order valence-electron chi connectivity index (χ3n) is 5.70. The molecule has 1 aromatic rings. The van der Waals surface area contributed by atoms with E-state index in [1.807, 2.05) is 23.1 Å². The van der Waals surface area contributed by atoms with Crippen molar-refractivity contribution in [2.75, 3.05) is 5.75 Å². The van der Waals surface area contributed by atoms with E-state index in [0.717, 1.165) is 24.8 Å². The fourth-order valence-corrected chi connectivity index (χ4v) is 5.71. The van der Waals surface area contributed by atoms with Gasteiger partial charge >= 0.3 is 0 Å². The zero-order chi connectivity index (χ0) is 17.4. The Labute approximate surface area is 152 Å². The van der Waals surface area contributed by atoms with Crippen molar-refractivity contribution in [3.8, 4) is 0 Å². The molecular formula is C19H25N3O2S. The van der Waals surface area contributed by atoms with Crippen LogP contribution >= 0.6 is 11.8 Å². The van der Waals surface area contributed by atoms with Crippen LogP contribution in [0.2, 0.25) is 0 Å². The summed E-state index contributed by atoms with van der Waals surface area (Å²) >= 11 is 1.73. The Morgan fingerprint density at radius 3 is 2.88 bits per heavy atom. The van der Waals surface area contributed by atoms with Crippen molar-refractivity contribution in [2.24, 2.45) is 4.99 Å². The first-order chi connectivity index (χ1) is 12.1. The predicted octanol–water partition coefficient (Wildman–Crippen LogP) is 2.82. The number of thioether (sulfide) groups is 1. The number of hydrogen-bond donors (Lipinski definition) is 0. The number of fused-ring (bicyclic) bond motifs is 1. The maximum atomic E-state index is 13.2. The van der Waals surface area contributed by atoms with Gasteiger partial charge in [-0.05, 0) is 38.3 Å². The summed E-state index contributed by atoms with van der Waals surface area (Å²) in [6.07, 6.45) is 9.10. The van der Waals surface area contributed by atoms with Crippen LogP contribution in [0.3, 0.4) is 0 Å². The minimum absolute atomic E-state index is 0.0263. The molecule has 1 amide bonds. The molecule has 0 aromatic carbocycles. The van der Waals surface area contributed by atoms with E-state index in [0.29, 0.717) is 18.2 Å². The van der Waals surface area contributed by atoms with Crippen molar-refractivity contribution in [1.29, 1.82) is 0 Å². The van der Waals surface area contributed by atoms with Crippen molar-refractivity contribution in [1.82, 2.24) is 9.47 Å². The summed E-state index contributed by atoms with van der Waals surface area (Å²) in [4.78, 5) is 32.0. The number of carbonyl (C=O) groups excluding carboxylic acids is 2. The van der Waals surface area contributed by atoms with Gasteiger partial charge in [0.1, 0.15) is 11.5 Å². The first-order valence-electron chi connectivity index (χ1n) is 9.30. The van der Waals surface area contributed by atoms with Gasteiger partial charge in [-0.3, -0.25) is 19.1 Å². The Morgan fingerprint density at radius 1 is 1.28 bits per heavy atom. The molecule has 6 heteroatoms. The molecule has 5 nitrogen and oxygen atoms in total. The summed E-state index contributed by atoms with van der Waals surface area (Å²) in [7, 11) is 0. The van der Waals surface area contributed by atoms with Gasteiger partial charge in [-0.25, -0.2) is 0 Å². The van der Waals surface area contributed by atoms with Crippen molar-refractivity contribution >= 4 is 23.6 Å². The third kappa shape index (κ3) is 3.05. The number of amides is 1. The molecule has 1 aromatic heterocycles. The number of rotatable bonds is 2. The molecule has 2 unspecified atom stereocenters. The molecule has 2 aliphatic heterocycles. The molecule has 0 spiro atoms. The largest absolute Gasteiger partial charge is 0.315 e. The molecule has 2 saturated heterocycles. The lowest BCUT2D eigenvalue weighted by molar-refractivity contribution is -0.130. The van der Waals surface area contributed by atoms with Gasteiger partial charge in [0, 0.05) is 18.4 Å². The standard InChI is InChI=1S/C19H25N3O2S/c1-19-11-10-17(23)22(19)15(13-25-19)18(24)21-12-6-5-9-16(21)20-14-7-3-2-4-8-14/h5-6,9,12,14-15H,2-4,7-8,10-11,13H2,1H3. The monoisotopic (exact) mass is 359 g/mol. The second-order valence-corrected chi connectivity index (χ2v) is 8.96. The van der Waals surface area contributed by atoms with E-state index in [1.165, 1.54) is 19.3 Å². The van der Waals surface area contributed by atoms with Crippen LogP contribution in [0, 0.1) is 0 Å². The van der Waals surface area contributed by atoms with Gasteiger partial charge in [0.25, 0.3) is 5.91 Å². The molecule has 134 valence electrons. The summed E-state index contributed by atoms with van der Waals surface area (Å²) in [5, 5.41) is 0. The van der Waals surface area contributed by atoms with Crippen molar-refractivity contribution < 1.29 is 9.59 Å². The SMILES string of the molecule is CC12CCC(=O)N1C(C(=O)n1ccccc1=NC1CCCCC1)CS2. The van der Waals surface area contributed by atoms with Gasteiger partial charge in [0.2, 0.25) is 5.91 Å². The second-order valence-electron chi connectivity index (χ2n) is 7.45. The van der Waals surface area contributed by atoms with E-state index in [-0.39, 0.29) is 22.7 Å². The van der Waals surface area contributed by atoms with Crippen LogP contribution in [0.25, 0.3) is 0 Å². The first kappa shape index (κ1) is 16.9. The Balaban J connectivity index is 1.65. The highest BCUT2D eigenvalue weighted by Gasteiger charge is 2.53. The minimum atomic E-state index is -0.377. The number of carbonyl (C=O) groups is 2. The van der Waals surface area contributed by atoms with Crippen LogP contribution in [-0.4, -0.2) is 44.0 Å². The van der Waals surface area contributed by atoms with Crippen LogP contribution in [0.1, 0.15) is 56.7 Å². The van der Waals surface area contributed by atoms with E-state index < -0.39 is 0 Å². The summed E-state index contributed by atoms with van der Waals surface area (Å²) in [6.45, 7) is 2.08. The lowest BCUT2D eigenvalue weighted by atomic mass is 9.96. The van der Waals surface area contributed by atoms with Gasteiger partial charge in [-0.2, -0.15) is 0 Å². The molecule has 0 radical (unpaired) electrons. The van der Waals surface area contributed by atoms with Crippen molar-refractivity contribution in [2.45, 2.75) is 68.8 Å². The van der Waals surface area contributed by atoms with Crippen LogP contribution in [0.15, 0.2) is 29.4 Å². The normalized spacial score (nSPS) is 30.8. The summed E-state index contributed by atoms with van der Waals surface area (Å²) in [5.41, 5.74) is 0.727. The lowest BCUT2D eigenvalue weighted by Crippen LogP contribution is -2.49. The average Bonchev–Trinajstić information content (AvgIpc) is 3.12. The van der Waals surface area contributed by atoms with Crippen LogP contribution in [-0.2, 0) is 4.79 Å². The molecule has 2 atom stereocenters. The minimum Gasteiger partial charge on any atom is -0.315 e. The fraction of sp³-hybridized carbons (Fsp3) is 0.632. The molecule has 1 aliphatic carbocycles. The molecule has 4 rings (SSSR count). The quantitative estimate of drug-likeness (QED) is 0.816. The number of nitrogens with zero attached hydrogens (tertiary/aromatic N) is 3. The molecule has 3 heterocycles. The topological polar surface area (TPSA) is 54.7 Å². The Kier molecular flexibility index (Phi) is 4.48. The van der Waals surface area contributed by atoms with Crippen LogP contribution in [0.4, 0.5) is 0 Å². The van der Waals surface area contributed by atoms with Crippen LogP contribution in [0.5, 0.6) is 0 Å². The number of pyridine rings is 1. The Bertz CT molecular complexity index is 753. The van der Waals surface area contributed by atoms with Crippen LogP contribution < -0.4 is 5.49 Å². The number of aromatic nitrogens is 1. The first-order valence-corrected chi connectivity index (χ1v) is 10.3. The average molecular weight is 359 g/mol.